The summed E-state index contributed by atoms with van der Waals surface area (Å²) in [6, 6.07) is 28.0. The second kappa shape index (κ2) is 7.57. The topological polar surface area (TPSA) is 40.5 Å². The number of para-hydroxylation sites is 1. The molecule has 1 N–H and O–H groups in total. The van der Waals surface area contributed by atoms with Crippen molar-refractivity contribution < 1.29 is 10.0 Å². The van der Waals surface area contributed by atoms with Crippen LogP contribution in [0.3, 0.4) is 0 Å². The molecule has 0 aliphatic heterocycles. The monoisotopic (exact) mass is 317 g/mol. The van der Waals surface area contributed by atoms with Crippen molar-refractivity contribution in [1.82, 2.24) is 0 Å². The standard InChI is InChI=1S/C21H19NO2/c23-21(18-12-6-2-7-13-18)20(17-10-4-1-5-11-17)16-22(24)19-14-8-3-9-15-19/h1-15,20,24H,16H2/t20-/m1/s1. The number of hydrogen-bond acceptors (Lipinski definition) is 3. The molecule has 0 amide bonds. The third-order valence-corrected chi connectivity index (χ3v) is 3.99. The molecule has 0 heterocycles. The normalized spacial score (nSPS) is 11.7. The second-order valence-corrected chi connectivity index (χ2v) is 5.61. The van der Waals surface area contributed by atoms with E-state index in [1.165, 1.54) is 0 Å². The molecule has 0 unspecified atom stereocenters. The van der Waals surface area contributed by atoms with E-state index in [0.29, 0.717) is 11.3 Å². The van der Waals surface area contributed by atoms with E-state index < -0.39 is 5.92 Å². The van der Waals surface area contributed by atoms with Crippen molar-refractivity contribution >= 4 is 11.5 Å². The van der Waals surface area contributed by atoms with Crippen LogP contribution in [-0.2, 0) is 0 Å². The Morgan fingerprint density at radius 1 is 0.792 bits per heavy atom. The quantitative estimate of drug-likeness (QED) is 0.535. The largest absolute Gasteiger partial charge is 0.293 e. The Balaban J connectivity index is 1.90. The molecule has 0 spiro atoms. The predicted molar refractivity (Wildman–Crippen MR) is 95.5 cm³/mol. The van der Waals surface area contributed by atoms with Crippen molar-refractivity contribution in [2.45, 2.75) is 5.92 Å². The van der Waals surface area contributed by atoms with Gasteiger partial charge in [-0.3, -0.25) is 15.1 Å². The van der Waals surface area contributed by atoms with Crippen LogP contribution in [0.4, 0.5) is 5.69 Å². The van der Waals surface area contributed by atoms with Crippen LogP contribution in [0.2, 0.25) is 0 Å². The SMILES string of the molecule is O=C(c1ccccc1)[C@H](CN(O)c1ccccc1)c1ccccc1. The molecule has 3 aromatic carbocycles. The van der Waals surface area contributed by atoms with Crippen LogP contribution in [0, 0.1) is 0 Å². The molecule has 0 bridgehead atoms. The van der Waals surface area contributed by atoms with Crippen molar-refractivity contribution in [3.8, 4) is 0 Å². The summed E-state index contributed by atoms with van der Waals surface area (Å²) in [5.74, 6) is -0.449. The number of benzene rings is 3. The molecule has 0 saturated carbocycles. The third-order valence-electron chi connectivity index (χ3n) is 3.99. The van der Waals surface area contributed by atoms with Gasteiger partial charge in [-0.1, -0.05) is 78.9 Å². The molecular weight excluding hydrogens is 298 g/mol. The summed E-state index contributed by atoms with van der Waals surface area (Å²) in [6.45, 7) is 0.196. The number of hydrogen-bond donors (Lipinski definition) is 1. The number of ketones is 1. The van der Waals surface area contributed by atoms with Gasteiger partial charge < -0.3 is 0 Å². The smallest absolute Gasteiger partial charge is 0.172 e. The lowest BCUT2D eigenvalue weighted by atomic mass is 9.90. The maximum atomic E-state index is 13.0. The number of Topliss-reactive ketones (excluding diaryl/α,β-unsaturated/α-hetero) is 1. The summed E-state index contributed by atoms with van der Waals surface area (Å²) in [5.41, 5.74) is 2.20. The van der Waals surface area contributed by atoms with Crippen LogP contribution in [0.25, 0.3) is 0 Å². The third kappa shape index (κ3) is 3.70. The maximum absolute atomic E-state index is 13.0. The first-order valence-corrected chi connectivity index (χ1v) is 7.91. The average Bonchev–Trinajstić information content (AvgIpc) is 2.67. The van der Waals surface area contributed by atoms with Crippen molar-refractivity contribution in [2.75, 3.05) is 11.6 Å². The summed E-state index contributed by atoms with van der Waals surface area (Å²) in [4.78, 5) is 13.0. The first kappa shape index (κ1) is 16.0. The number of anilines is 1. The van der Waals surface area contributed by atoms with Gasteiger partial charge in [-0.25, -0.2) is 0 Å². The lowest BCUT2D eigenvalue weighted by molar-refractivity contribution is 0.0947. The van der Waals surface area contributed by atoms with Gasteiger partial charge in [0.2, 0.25) is 0 Å². The molecule has 0 fully saturated rings. The van der Waals surface area contributed by atoms with E-state index in [0.717, 1.165) is 10.6 Å². The molecule has 24 heavy (non-hydrogen) atoms. The van der Waals surface area contributed by atoms with E-state index in [2.05, 4.69) is 0 Å². The number of carbonyl (C=O) groups is 1. The highest BCUT2D eigenvalue weighted by atomic mass is 16.5. The minimum absolute atomic E-state index is 0.00298. The molecule has 0 saturated heterocycles. The van der Waals surface area contributed by atoms with E-state index in [9.17, 15) is 10.0 Å². The van der Waals surface area contributed by atoms with Crippen LogP contribution in [0.1, 0.15) is 21.8 Å². The average molecular weight is 317 g/mol. The Morgan fingerprint density at radius 2 is 1.29 bits per heavy atom. The van der Waals surface area contributed by atoms with Crippen LogP contribution >= 0.6 is 0 Å². The Morgan fingerprint density at radius 3 is 1.88 bits per heavy atom. The number of hydroxylamine groups is 1. The van der Waals surface area contributed by atoms with Crippen molar-refractivity contribution in [2.24, 2.45) is 0 Å². The molecule has 3 aromatic rings. The number of carbonyl (C=O) groups excluding carboxylic acids is 1. The maximum Gasteiger partial charge on any atom is 0.172 e. The molecule has 0 aliphatic rings. The fraction of sp³-hybridized carbons (Fsp3) is 0.0952. The van der Waals surface area contributed by atoms with Crippen LogP contribution in [-0.4, -0.2) is 17.5 Å². The van der Waals surface area contributed by atoms with E-state index >= 15 is 0 Å². The zero-order chi connectivity index (χ0) is 16.8. The van der Waals surface area contributed by atoms with Crippen molar-refractivity contribution in [3.05, 3.63) is 102 Å². The molecule has 0 radical (unpaired) electrons. The number of rotatable bonds is 6. The fourth-order valence-corrected chi connectivity index (χ4v) is 2.71. The molecule has 1 atom stereocenters. The Hall–Kier alpha value is -2.91. The summed E-state index contributed by atoms with van der Waals surface area (Å²) < 4.78 is 0. The summed E-state index contributed by atoms with van der Waals surface area (Å²) in [6.07, 6.45) is 0. The van der Waals surface area contributed by atoms with E-state index in [1.54, 1.807) is 0 Å². The first-order valence-electron chi connectivity index (χ1n) is 7.91. The minimum atomic E-state index is -0.446. The Kier molecular flexibility index (Phi) is 5.04. The lowest BCUT2D eigenvalue weighted by Crippen LogP contribution is -2.29. The molecule has 0 aliphatic carbocycles. The minimum Gasteiger partial charge on any atom is -0.293 e. The van der Waals surface area contributed by atoms with Gasteiger partial charge >= 0.3 is 0 Å². The van der Waals surface area contributed by atoms with E-state index in [1.807, 2.05) is 91.0 Å². The second-order valence-electron chi connectivity index (χ2n) is 5.61. The van der Waals surface area contributed by atoms with Gasteiger partial charge in [0, 0.05) is 5.56 Å². The summed E-state index contributed by atoms with van der Waals surface area (Å²) in [5, 5.41) is 11.6. The summed E-state index contributed by atoms with van der Waals surface area (Å²) >= 11 is 0. The van der Waals surface area contributed by atoms with Gasteiger partial charge in [-0.05, 0) is 17.7 Å². The zero-order valence-electron chi connectivity index (χ0n) is 13.2. The van der Waals surface area contributed by atoms with E-state index in [-0.39, 0.29) is 12.3 Å². The van der Waals surface area contributed by atoms with Crippen molar-refractivity contribution in [1.29, 1.82) is 0 Å². The van der Waals surface area contributed by atoms with Gasteiger partial charge in [-0.15, -0.1) is 0 Å². The lowest BCUT2D eigenvalue weighted by Gasteiger charge is -2.23. The van der Waals surface area contributed by atoms with Gasteiger partial charge in [0.25, 0.3) is 0 Å². The number of nitrogens with zero attached hydrogens (tertiary/aromatic N) is 1. The molecule has 3 nitrogen and oxygen atoms in total. The van der Waals surface area contributed by atoms with Gasteiger partial charge in [0.05, 0.1) is 18.2 Å². The molecule has 3 heteroatoms. The van der Waals surface area contributed by atoms with Crippen LogP contribution < -0.4 is 5.06 Å². The molecule has 0 aromatic heterocycles. The summed E-state index contributed by atoms with van der Waals surface area (Å²) in [7, 11) is 0. The predicted octanol–water partition coefficient (Wildman–Crippen LogP) is 4.55. The van der Waals surface area contributed by atoms with Gasteiger partial charge in [-0.2, -0.15) is 0 Å². The highest BCUT2D eigenvalue weighted by Crippen LogP contribution is 2.24. The highest BCUT2D eigenvalue weighted by Gasteiger charge is 2.24. The molecular formula is C21H19NO2. The van der Waals surface area contributed by atoms with Crippen LogP contribution in [0.15, 0.2) is 91.0 Å². The molecule has 3 rings (SSSR count). The van der Waals surface area contributed by atoms with Gasteiger partial charge in [0.1, 0.15) is 0 Å². The Labute approximate surface area is 141 Å². The zero-order valence-corrected chi connectivity index (χ0v) is 13.2. The fourth-order valence-electron chi connectivity index (χ4n) is 2.71. The highest BCUT2D eigenvalue weighted by molar-refractivity contribution is 6.01. The molecule has 120 valence electrons. The Bertz CT molecular complexity index is 773. The first-order chi connectivity index (χ1) is 11.8. The van der Waals surface area contributed by atoms with Gasteiger partial charge in [0.15, 0.2) is 5.78 Å². The van der Waals surface area contributed by atoms with Crippen LogP contribution in [0.5, 0.6) is 0 Å². The van der Waals surface area contributed by atoms with Crippen molar-refractivity contribution in [3.63, 3.8) is 0 Å². The van der Waals surface area contributed by atoms with E-state index in [4.69, 9.17) is 0 Å².